The predicted molar refractivity (Wildman–Crippen MR) is 84.7 cm³/mol. The number of hydrogen-bond acceptors (Lipinski definition) is 3. The lowest BCUT2D eigenvalue weighted by Gasteiger charge is -2.18. The summed E-state index contributed by atoms with van der Waals surface area (Å²) in [5.41, 5.74) is 0.598. The van der Waals surface area contributed by atoms with Crippen molar-refractivity contribution in [3.05, 3.63) is 48.3 Å². The van der Waals surface area contributed by atoms with Crippen molar-refractivity contribution >= 4 is 6.03 Å². The number of halogens is 1. The first kappa shape index (κ1) is 16.8. The number of methoxy groups -OCH3 is 1. The molecule has 0 aliphatic heterocycles. The van der Waals surface area contributed by atoms with Gasteiger partial charge in [-0.05, 0) is 31.5 Å². The lowest BCUT2D eigenvalue weighted by Crippen LogP contribution is -2.37. The number of nitrogens with one attached hydrogen (secondary N) is 2. The third-order valence-corrected chi connectivity index (χ3v) is 3.44. The normalized spacial score (nSPS) is 11.8. The smallest absolute Gasteiger partial charge is 0.315 e. The van der Waals surface area contributed by atoms with Crippen molar-refractivity contribution in [2.24, 2.45) is 0 Å². The lowest BCUT2D eigenvalue weighted by atomic mass is 10.1. The quantitative estimate of drug-likeness (QED) is 0.770. The highest BCUT2D eigenvalue weighted by Gasteiger charge is 2.14. The molecule has 0 saturated carbocycles. The highest BCUT2D eigenvalue weighted by molar-refractivity contribution is 5.74. The van der Waals surface area contributed by atoms with Gasteiger partial charge in [-0.15, -0.1) is 0 Å². The number of carbonyl (C=O) groups excluding carboxylic acids is 1. The van der Waals surface area contributed by atoms with Crippen LogP contribution in [0, 0.1) is 5.82 Å². The van der Waals surface area contributed by atoms with E-state index in [0.29, 0.717) is 17.9 Å². The zero-order chi connectivity index (χ0) is 16.7. The molecule has 2 N–H and O–H groups in total. The van der Waals surface area contributed by atoms with Gasteiger partial charge in [0.25, 0.3) is 0 Å². The van der Waals surface area contributed by atoms with Crippen LogP contribution in [0.25, 0.3) is 0 Å². The van der Waals surface area contributed by atoms with Gasteiger partial charge in [0.1, 0.15) is 11.6 Å². The van der Waals surface area contributed by atoms with Gasteiger partial charge in [-0.2, -0.15) is 0 Å². The molecule has 0 aliphatic rings. The van der Waals surface area contributed by atoms with Gasteiger partial charge in [-0.3, -0.25) is 0 Å². The summed E-state index contributed by atoms with van der Waals surface area (Å²) in [6, 6.07) is 3.57. The van der Waals surface area contributed by atoms with Gasteiger partial charge in [0.2, 0.25) is 0 Å². The van der Waals surface area contributed by atoms with Crippen LogP contribution >= 0.6 is 0 Å². The zero-order valence-electron chi connectivity index (χ0n) is 13.3. The number of hydrogen-bond donors (Lipinski definition) is 2. The number of amides is 2. The molecule has 23 heavy (non-hydrogen) atoms. The van der Waals surface area contributed by atoms with Crippen LogP contribution in [-0.4, -0.2) is 29.2 Å². The van der Waals surface area contributed by atoms with Gasteiger partial charge in [-0.25, -0.2) is 14.2 Å². The fourth-order valence-corrected chi connectivity index (χ4v) is 2.25. The van der Waals surface area contributed by atoms with E-state index in [2.05, 4.69) is 15.6 Å². The van der Waals surface area contributed by atoms with Crippen LogP contribution in [-0.2, 0) is 6.54 Å². The molecular formula is C16H21FN4O2. The maximum Gasteiger partial charge on any atom is 0.315 e. The molecule has 0 fully saturated rings. The highest BCUT2D eigenvalue weighted by atomic mass is 19.1. The van der Waals surface area contributed by atoms with Crippen LogP contribution in [0.2, 0.25) is 0 Å². The van der Waals surface area contributed by atoms with Crippen molar-refractivity contribution in [3.8, 4) is 5.75 Å². The molecule has 7 heteroatoms. The monoisotopic (exact) mass is 320 g/mol. The van der Waals surface area contributed by atoms with Crippen molar-refractivity contribution in [1.82, 2.24) is 20.2 Å². The number of aryl methyl sites for hydroxylation is 1. The SMILES string of the molecule is COc1ccc(F)cc1[C@H](C)NC(=O)NCCCn1ccnc1. The molecule has 1 heterocycles. The lowest BCUT2D eigenvalue weighted by molar-refractivity contribution is 0.237. The molecule has 124 valence electrons. The predicted octanol–water partition coefficient (Wildman–Crippen LogP) is 2.48. The Balaban J connectivity index is 1.79. The molecular weight excluding hydrogens is 299 g/mol. The van der Waals surface area contributed by atoms with Gasteiger partial charge in [0, 0.05) is 31.0 Å². The van der Waals surface area contributed by atoms with Crippen LogP contribution < -0.4 is 15.4 Å². The summed E-state index contributed by atoms with van der Waals surface area (Å²) in [6.45, 7) is 3.10. The first-order valence-electron chi connectivity index (χ1n) is 7.43. The average Bonchev–Trinajstić information content (AvgIpc) is 3.05. The van der Waals surface area contributed by atoms with Crippen LogP contribution in [0.3, 0.4) is 0 Å². The van der Waals surface area contributed by atoms with Gasteiger partial charge in [-0.1, -0.05) is 0 Å². The Bertz CT molecular complexity index is 631. The zero-order valence-corrected chi connectivity index (χ0v) is 13.3. The molecule has 2 aromatic rings. The molecule has 2 amide bonds. The number of nitrogens with zero attached hydrogens (tertiary/aromatic N) is 2. The Labute approximate surface area is 134 Å². The molecule has 0 saturated heterocycles. The number of aromatic nitrogens is 2. The molecule has 0 unspecified atom stereocenters. The van der Waals surface area contributed by atoms with Gasteiger partial charge in [0.05, 0.1) is 19.5 Å². The van der Waals surface area contributed by atoms with Crippen LogP contribution in [0.5, 0.6) is 5.75 Å². The second-order valence-corrected chi connectivity index (χ2v) is 5.16. The van der Waals surface area contributed by atoms with E-state index in [1.54, 1.807) is 25.5 Å². The van der Waals surface area contributed by atoms with E-state index in [4.69, 9.17) is 4.74 Å². The molecule has 0 radical (unpaired) electrons. The van der Waals surface area contributed by atoms with E-state index in [1.165, 1.54) is 19.2 Å². The van der Waals surface area contributed by atoms with Crippen molar-refractivity contribution < 1.29 is 13.9 Å². The Kier molecular flexibility index (Phi) is 5.96. The summed E-state index contributed by atoms with van der Waals surface area (Å²) in [5, 5.41) is 5.56. The fourth-order valence-electron chi connectivity index (χ4n) is 2.25. The third-order valence-electron chi connectivity index (χ3n) is 3.44. The fraction of sp³-hybridized carbons (Fsp3) is 0.375. The van der Waals surface area contributed by atoms with E-state index in [1.807, 2.05) is 10.8 Å². The molecule has 1 aromatic carbocycles. The maximum atomic E-state index is 13.4. The maximum absolute atomic E-state index is 13.4. The number of carbonyl (C=O) groups is 1. The van der Waals surface area contributed by atoms with Crippen LogP contribution in [0.4, 0.5) is 9.18 Å². The number of ether oxygens (including phenoxy) is 1. The van der Waals surface area contributed by atoms with E-state index in [9.17, 15) is 9.18 Å². The van der Waals surface area contributed by atoms with Crippen LogP contribution in [0.15, 0.2) is 36.9 Å². The van der Waals surface area contributed by atoms with Gasteiger partial charge < -0.3 is 19.9 Å². The first-order valence-corrected chi connectivity index (χ1v) is 7.43. The van der Waals surface area contributed by atoms with Crippen molar-refractivity contribution in [2.75, 3.05) is 13.7 Å². The molecule has 2 rings (SSSR count). The van der Waals surface area contributed by atoms with E-state index in [-0.39, 0.29) is 17.9 Å². The molecule has 6 nitrogen and oxygen atoms in total. The second-order valence-electron chi connectivity index (χ2n) is 5.16. The first-order chi connectivity index (χ1) is 11.1. The Morgan fingerprint density at radius 2 is 2.30 bits per heavy atom. The summed E-state index contributed by atoms with van der Waals surface area (Å²) < 4.78 is 20.5. The minimum atomic E-state index is -0.366. The molecule has 0 bridgehead atoms. The van der Waals surface area contributed by atoms with E-state index >= 15 is 0 Å². The van der Waals surface area contributed by atoms with E-state index in [0.717, 1.165) is 13.0 Å². The second kappa shape index (κ2) is 8.17. The molecule has 1 atom stereocenters. The Morgan fingerprint density at radius 1 is 1.48 bits per heavy atom. The minimum Gasteiger partial charge on any atom is -0.496 e. The average molecular weight is 320 g/mol. The summed E-state index contributed by atoms with van der Waals surface area (Å²) in [4.78, 5) is 15.8. The van der Waals surface area contributed by atoms with Gasteiger partial charge in [0.15, 0.2) is 0 Å². The summed E-state index contributed by atoms with van der Waals surface area (Å²) >= 11 is 0. The number of benzene rings is 1. The summed E-state index contributed by atoms with van der Waals surface area (Å²) in [6.07, 6.45) is 6.12. The van der Waals surface area contributed by atoms with Crippen molar-refractivity contribution in [3.63, 3.8) is 0 Å². The number of urea groups is 1. The summed E-state index contributed by atoms with van der Waals surface area (Å²) in [5.74, 6) is 0.175. The summed E-state index contributed by atoms with van der Waals surface area (Å²) in [7, 11) is 1.51. The molecule has 1 aromatic heterocycles. The number of rotatable bonds is 7. The molecule has 0 spiro atoms. The topological polar surface area (TPSA) is 68.2 Å². The Morgan fingerprint density at radius 3 is 3.00 bits per heavy atom. The highest BCUT2D eigenvalue weighted by Crippen LogP contribution is 2.25. The molecule has 0 aliphatic carbocycles. The number of imidazole rings is 1. The standard InChI is InChI=1S/C16H21FN4O2/c1-12(14-10-13(17)4-5-15(14)23-2)20-16(22)19-6-3-8-21-9-7-18-11-21/h4-5,7,9-12H,3,6,8H2,1-2H3,(H2,19,20,22)/t12-/m0/s1. The van der Waals surface area contributed by atoms with Crippen LogP contribution in [0.1, 0.15) is 24.9 Å². The third kappa shape index (κ3) is 4.98. The largest absolute Gasteiger partial charge is 0.496 e. The van der Waals surface area contributed by atoms with E-state index < -0.39 is 0 Å². The van der Waals surface area contributed by atoms with Gasteiger partial charge >= 0.3 is 6.03 Å². The Hall–Kier alpha value is -2.57. The van der Waals surface area contributed by atoms with Crippen molar-refractivity contribution in [2.45, 2.75) is 25.9 Å². The minimum absolute atomic E-state index is 0.297. The van der Waals surface area contributed by atoms with Crippen molar-refractivity contribution in [1.29, 1.82) is 0 Å².